The third-order valence-electron chi connectivity index (χ3n) is 7.91. The molecule has 1 aliphatic heterocycles. The van der Waals surface area contributed by atoms with Crippen molar-refractivity contribution in [2.75, 3.05) is 19.7 Å². The summed E-state index contributed by atoms with van der Waals surface area (Å²) in [6, 6.07) is 8.23. The van der Waals surface area contributed by atoms with Gasteiger partial charge in [0.05, 0.1) is 23.4 Å². The van der Waals surface area contributed by atoms with Gasteiger partial charge in [0.25, 0.3) is 5.91 Å². The molecule has 1 aromatic carbocycles. The molecule has 0 N–H and O–H groups in total. The number of ether oxygens (including phenoxy) is 2. The highest BCUT2D eigenvalue weighted by atomic mass is 16.5. The van der Waals surface area contributed by atoms with Gasteiger partial charge in [-0.3, -0.25) is 4.79 Å². The summed E-state index contributed by atoms with van der Waals surface area (Å²) in [6.45, 7) is 6.71. The van der Waals surface area contributed by atoms with E-state index in [1.54, 1.807) is 12.4 Å². The quantitative estimate of drug-likeness (QED) is 0.368. The Morgan fingerprint density at radius 1 is 1.03 bits per heavy atom. The number of hydrogen-bond acceptors (Lipinski definition) is 6. The van der Waals surface area contributed by atoms with Crippen molar-refractivity contribution in [3.05, 3.63) is 53.5 Å². The van der Waals surface area contributed by atoms with Crippen molar-refractivity contribution in [1.29, 1.82) is 0 Å². The summed E-state index contributed by atoms with van der Waals surface area (Å²) in [7, 11) is 0. The zero-order chi connectivity index (χ0) is 25.0. The number of benzene rings is 1. The fourth-order valence-corrected chi connectivity index (χ4v) is 5.60. The number of unbranched alkanes of at least 4 members (excludes halogenated alkanes) is 1. The summed E-state index contributed by atoms with van der Waals surface area (Å²) in [6.07, 6.45) is 12.8. The molecule has 36 heavy (non-hydrogen) atoms. The van der Waals surface area contributed by atoms with Gasteiger partial charge in [0, 0.05) is 36.4 Å². The molecule has 5 rings (SSSR count). The minimum atomic E-state index is 0.00954. The van der Waals surface area contributed by atoms with Gasteiger partial charge in [-0.05, 0) is 56.6 Å². The highest BCUT2D eigenvalue weighted by molar-refractivity contribution is 5.93. The number of aromatic nitrogens is 3. The van der Waals surface area contributed by atoms with Gasteiger partial charge in [-0.25, -0.2) is 15.0 Å². The van der Waals surface area contributed by atoms with Crippen molar-refractivity contribution in [3.63, 3.8) is 0 Å². The van der Waals surface area contributed by atoms with Crippen molar-refractivity contribution in [2.24, 2.45) is 5.41 Å². The van der Waals surface area contributed by atoms with Crippen molar-refractivity contribution < 1.29 is 14.3 Å². The van der Waals surface area contributed by atoms with Crippen molar-refractivity contribution in [2.45, 2.75) is 71.8 Å². The van der Waals surface area contributed by atoms with Gasteiger partial charge in [0.15, 0.2) is 0 Å². The molecule has 3 heterocycles. The third-order valence-corrected chi connectivity index (χ3v) is 7.91. The maximum atomic E-state index is 13.0. The Kier molecular flexibility index (Phi) is 7.35. The summed E-state index contributed by atoms with van der Waals surface area (Å²) in [4.78, 5) is 28.4. The number of pyridine rings is 1. The maximum Gasteiger partial charge on any atom is 0.316 e. The van der Waals surface area contributed by atoms with E-state index in [0.29, 0.717) is 17.6 Å². The smallest absolute Gasteiger partial charge is 0.316 e. The van der Waals surface area contributed by atoms with E-state index in [2.05, 4.69) is 16.9 Å². The van der Waals surface area contributed by atoms with E-state index in [-0.39, 0.29) is 18.5 Å². The highest BCUT2D eigenvalue weighted by Crippen LogP contribution is 2.46. The van der Waals surface area contributed by atoms with E-state index in [9.17, 15) is 4.79 Å². The number of fused-ring (bicyclic) bond motifs is 1. The van der Waals surface area contributed by atoms with Gasteiger partial charge >= 0.3 is 6.01 Å². The largest absolute Gasteiger partial charge is 0.493 e. The second-order valence-corrected chi connectivity index (χ2v) is 10.3. The Labute approximate surface area is 213 Å². The number of carbonyl (C=O) groups excluding carboxylic acids is 1. The number of piperidine rings is 1. The van der Waals surface area contributed by atoms with E-state index >= 15 is 0 Å². The molecular weight excluding hydrogens is 452 g/mol. The van der Waals surface area contributed by atoms with Crippen LogP contribution in [0.25, 0.3) is 10.9 Å². The van der Waals surface area contributed by atoms with Gasteiger partial charge in [0.1, 0.15) is 12.4 Å². The molecule has 0 bridgehead atoms. The van der Waals surface area contributed by atoms with Crippen LogP contribution in [0.2, 0.25) is 0 Å². The average molecular weight is 489 g/mol. The lowest BCUT2D eigenvalue weighted by Crippen LogP contribution is -2.42. The molecule has 2 aromatic heterocycles. The number of likely N-dealkylation sites (tertiary alicyclic amines) is 1. The molecule has 0 atom stereocenters. The summed E-state index contributed by atoms with van der Waals surface area (Å²) in [5.41, 5.74) is 3.62. The Bertz CT molecular complexity index is 1200. The molecule has 1 saturated heterocycles. The summed E-state index contributed by atoms with van der Waals surface area (Å²) in [5.74, 6) is 0.866. The van der Waals surface area contributed by atoms with Crippen molar-refractivity contribution in [1.82, 2.24) is 19.9 Å². The standard InChI is InChI=1S/C29H36N4O3/c1-3-4-17-35-26-21(2)25(32-24-10-6-5-9-23(24)26)20-36-28-30-18-22(19-31-28)27(34)33-15-13-29(14-16-33)11-7-8-12-29/h5-6,9-10,18-19H,3-4,7-8,11-17,20H2,1-2H3. The van der Waals surface area contributed by atoms with Gasteiger partial charge in [-0.15, -0.1) is 0 Å². The monoisotopic (exact) mass is 488 g/mol. The third kappa shape index (κ3) is 5.15. The van der Waals surface area contributed by atoms with Crippen LogP contribution >= 0.6 is 0 Å². The van der Waals surface area contributed by atoms with E-state index < -0.39 is 0 Å². The van der Waals surface area contributed by atoms with Crippen LogP contribution in [0, 0.1) is 12.3 Å². The van der Waals surface area contributed by atoms with E-state index in [0.717, 1.165) is 66.7 Å². The maximum absolute atomic E-state index is 13.0. The summed E-state index contributed by atoms with van der Waals surface area (Å²) >= 11 is 0. The zero-order valence-corrected chi connectivity index (χ0v) is 21.5. The Morgan fingerprint density at radius 3 is 2.47 bits per heavy atom. The van der Waals surface area contributed by atoms with Crippen LogP contribution in [-0.2, 0) is 6.61 Å². The molecule has 7 nitrogen and oxygen atoms in total. The predicted molar refractivity (Wildman–Crippen MR) is 139 cm³/mol. The first kappa shape index (κ1) is 24.5. The van der Waals surface area contributed by atoms with Gasteiger partial charge in [-0.1, -0.05) is 38.3 Å². The second kappa shape index (κ2) is 10.8. The van der Waals surface area contributed by atoms with E-state index in [1.807, 2.05) is 36.1 Å². The molecule has 3 aromatic rings. The van der Waals surface area contributed by atoms with Crippen LogP contribution in [0.1, 0.15) is 79.9 Å². The minimum absolute atomic E-state index is 0.00954. The normalized spacial score (nSPS) is 17.0. The fraction of sp³-hybridized carbons (Fsp3) is 0.517. The van der Waals surface area contributed by atoms with Crippen LogP contribution < -0.4 is 9.47 Å². The lowest BCUT2D eigenvalue weighted by atomic mass is 9.77. The van der Waals surface area contributed by atoms with E-state index in [4.69, 9.17) is 14.5 Å². The average Bonchev–Trinajstić information content (AvgIpc) is 3.37. The predicted octanol–water partition coefficient (Wildman–Crippen LogP) is 5.89. The molecule has 1 aliphatic carbocycles. The lowest BCUT2D eigenvalue weighted by molar-refractivity contribution is 0.0586. The van der Waals surface area contributed by atoms with Crippen LogP contribution in [-0.4, -0.2) is 45.5 Å². The molecule has 0 radical (unpaired) electrons. The number of nitrogens with zero attached hydrogens (tertiary/aromatic N) is 4. The first-order chi connectivity index (χ1) is 17.6. The van der Waals surface area contributed by atoms with Crippen molar-refractivity contribution >= 4 is 16.8 Å². The molecule has 2 fully saturated rings. The van der Waals surface area contributed by atoms with Crippen molar-refractivity contribution in [3.8, 4) is 11.8 Å². The first-order valence-corrected chi connectivity index (χ1v) is 13.3. The Hall–Kier alpha value is -3.22. The topological polar surface area (TPSA) is 77.4 Å². The van der Waals surface area contributed by atoms with Crippen LogP contribution in [0.15, 0.2) is 36.7 Å². The Morgan fingerprint density at radius 2 is 1.75 bits per heavy atom. The number of rotatable bonds is 8. The highest BCUT2D eigenvalue weighted by Gasteiger charge is 2.38. The number of amides is 1. The van der Waals surface area contributed by atoms with Gasteiger partial charge in [0.2, 0.25) is 0 Å². The molecule has 0 unspecified atom stereocenters. The van der Waals surface area contributed by atoms with E-state index in [1.165, 1.54) is 25.7 Å². The first-order valence-electron chi connectivity index (χ1n) is 13.3. The lowest BCUT2D eigenvalue weighted by Gasteiger charge is -2.39. The SMILES string of the molecule is CCCCOc1c(C)c(COc2ncc(C(=O)N3CCC4(CCCC4)CC3)cn2)nc2ccccc12. The minimum Gasteiger partial charge on any atom is -0.493 e. The molecule has 190 valence electrons. The summed E-state index contributed by atoms with van der Waals surface area (Å²) in [5, 5.41) is 1.01. The van der Waals surface area contributed by atoms with Crippen LogP contribution in [0.5, 0.6) is 11.8 Å². The molecule has 1 saturated carbocycles. The van der Waals surface area contributed by atoms with Crippen LogP contribution in [0.3, 0.4) is 0 Å². The molecule has 7 heteroatoms. The molecular formula is C29H36N4O3. The molecule has 1 amide bonds. The zero-order valence-electron chi connectivity index (χ0n) is 21.5. The summed E-state index contributed by atoms with van der Waals surface area (Å²) < 4.78 is 12.0. The number of carbonyl (C=O) groups is 1. The fourth-order valence-electron chi connectivity index (χ4n) is 5.60. The molecule has 1 spiro atoms. The van der Waals surface area contributed by atoms with Crippen LogP contribution in [0.4, 0.5) is 0 Å². The Balaban J connectivity index is 1.23. The van der Waals surface area contributed by atoms with Gasteiger partial charge < -0.3 is 14.4 Å². The number of para-hydroxylation sites is 1. The van der Waals surface area contributed by atoms with Gasteiger partial charge in [-0.2, -0.15) is 0 Å². The molecule has 2 aliphatic rings. The number of hydrogen-bond donors (Lipinski definition) is 0. The second-order valence-electron chi connectivity index (χ2n) is 10.3.